The zero-order valence-corrected chi connectivity index (χ0v) is 12.2. The molecular weight excluding hydrogens is 288 g/mol. The van der Waals surface area contributed by atoms with Gasteiger partial charge in [0.05, 0.1) is 17.8 Å². The fraction of sp³-hybridized carbons (Fsp3) is 0.214. The predicted molar refractivity (Wildman–Crippen MR) is 79.8 cm³/mol. The van der Waals surface area contributed by atoms with E-state index in [0.29, 0.717) is 13.1 Å². The molecule has 0 spiro atoms. The molecule has 0 aliphatic carbocycles. The molecule has 21 heavy (non-hydrogen) atoms. The van der Waals surface area contributed by atoms with Crippen molar-refractivity contribution in [1.29, 1.82) is 0 Å². The molecule has 0 saturated heterocycles. The first-order chi connectivity index (χ1) is 10.1. The average molecular weight is 304 g/mol. The third-order valence-corrected chi connectivity index (χ3v) is 4.20. The second-order valence-corrected chi connectivity index (χ2v) is 6.00. The van der Waals surface area contributed by atoms with Gasteiger partial charge in [-0.2, -0.15) is 0 Å². The first-order valence-corrected chi connectivity index (χ1v) is 7.84. The van der Waals surface area contributed by atoms with Crippen molar-refractivity contribution in [3.8, 4) is 11.8 Å². The second kappa shape index (κ2) is 7.04. The van der Waals surface area contributed by atoms with Crippen LogP contribution in [0.4, 0.5) is 0 Å². The van der Waals surface area contributed by atoms with E-state index < -0.39 is 10.0 Å². The number of sulfonamides is 1. The molecule has 0 aliphatic rings. The lowest BCUT2D eigenvalue weighted by Gasteiger charge is -2.07. The Kier molecular flexibility index (Phi) is 5.11. The fourth-order valence-electron chi connectivity index (χ4n) is 1.68. The van der Waals surface area contributed by atoms with Crippen LogP contribution in [0, 0.1) is 11.8 Å². The highest BCUT2D eigenvalue weighted by Gasteiger charge is 2.12. The summed E-state index contributed by atoms with van der Waals surface area (Å²) in [5.41, 5.74) is 6.02. The van der Waals surface area contributed by atoms with Gasteiger partial charge in [0, 0.05) is 31.0 Å². The van der Waals surface area contributed by atoms with Crippen LogP contribution in [0.25, 0.3) is 0 Å². The van der Waals surface area contributed by atoms with E-state index in [4.69, 9.17) is 5.73 Å². The standard InChI is InChI=1S/C14H16N4O2S/c15-7-1-2-13-3-5-14(6-4-13)21(19,20)17-9-11-18-10-8-16-12-18/h3-6,8,10,12,17H,7,9,11,15H2. The Morgan fingerprint density at radius 3 is 2.67 bits per heavy atom. The minimum Gasteiger partial charge on any atom is -0.336 e. The Morgan fingerprint density at radius 1 is 1.29 bits per heavy atom. The summed E-state index contributed by atoms with van der Waals surface area (Å²) in [4.78, 5) is 4.11. The quantitative estimate of drug-likeness (QED) is 0.771. The molecule has 2 rings (SSSR count). The number of rotatable bonds is 5. The third-order valence-electron chi connectivity index (χ3n) is 2.72. The molecule has 0 atom stereocenters. The van der Waals surface area contributed by atoms with Crippen molar-refractivity contribution in [2.75, 3.05) is 13.1 Å². The van der Waals surface area contributed by atoms with Gasteiger partial charge in [0.2, 0.25) is 10.0 Å². The van der Waals surface area contributed by atoms with Crippen molar-refractivity contribution in [3.63, 3.8) is 0 Å². The molecule has 110 valence electrons. The Morgan fingerprint density at radius 2 is 2.05 bits per heavy atom. The summed E-state index contributed by atoms with van der Waals surface area (Å²) in [7, 11) is -3.51. The van der Waals surface area contributed by atoms with Gasteiger partial charge in [-0.1, -0.05) is 11.8 Å². The van der Waals surface area contributed by atoms with E-state index in [0.717, 1.165) is 5.56 Å². The molecule has 1 aromatic heterocycles. The van der Waals surface area contributed by atoms with Crippen molar-refractivity contribution in [1.82, 2.24) is 14.3 Å². The van der Waals surface area contributed by atoms with E-state index in [2.05, 4.69) is 21.5 Å². The van der Waals surface area contributed by atoms with Crippen LogP contribution in [-0.2, 0) is 16.6 Å². The minimum atomic E-state index is -3.51. The number of nitrogens with two attached hydrogens (primary N) is 1. The first-order valence-electron chi connectivity index (χ1n) is 6.36. The maximum absolute atomic E-state index is 12.1. The summed E-state index contributed by atoms with van der Waals surface area (Å²) in [6.45, 7) is 1.10. The number of hydrogen-bond donors (Lipinski definition) is 2. The third kappa shape index (κ3) is 4.43. The second-order valence-electron chi connectivity index (χ2n) is 4.23. The summed E-state index contributed by atoms with van der Waals surface area (Å²) < 4.78 is 28.5. The fourth-order valence-corrected chi connectivity index (χ4v) is 2.70. The Labute approximate surface area is 124 Å². The highest BCUT2D eigenvalue weighted by Crippen LogP contribution is 2.09. The highest BCUT2D eigenvalue weighted by atomic mass is 32.2. The average Bonchev–Trinajstić information content (AvgIpc) is 2.98. The van der Waals surface area contributed by atoms with Gasteiger partial charge in [-0.3, -0.25) is 0 Å². The number of hydrogen-bond acceptors (Lipinski definition) is 4. The van der Waals surface area contributed by atoms with E-state index in [1.165, 1.54) is 12.1 Å². The van der Waals surface area contributed by atoms with Crippen LogP contribution in [0.2, 0.25) is 0 Å². The first kappa shape index (κ1) is 15.3. The van der Waals surface area contributed by atoms with Crippen molar-refractivity contribution in [2.45, 2.75) is 11.4 Å². The lowest BCUT2D eigenvalue weighted by Crippen LogP contribution is -2.27. The normalized spacial score (nSPS) is 10.9. The Hall–Kier alpha value is -2.14. The number of nitrogens with one attached hydrogen (secondary N) is 1. The van der Waals surface area contributed by atoms with Crippen LogP contribution in [0.15, 0.2) is 47.9 Å². The van der Waals surface area contributed by atoms with Crippen LogP contribution in [0.5, 0.6) is 0 Å². The van der Waals surface area contributed by atoms with Crippen molar-refractivity contribution >= 4 is 10.0 Å². The number of aromatic nitrogens is 2. The molecule has 0 saturated carbocycles. The van der Waals surface area contributed by atoms with Crippen LogP contribution in [0.1, 0.15) is 5.56 Å². The molecule has 7 heteroatoms. The molecule has 6 nitrogen and oxygen atoms in total. The van der Waals surface area contributed by atoms with E-state index >= 15 is 0 Å². The van der Waals surface area contributed by atoms with E-state index in [-0.39, 0.29) is 11.4 Å². The van der Waals surface area contributed by atoms with E-state index in [9.17, 15) is 8.42 Å². The molecular formula is C14H16N4O2S. The van der Waals surface area contributed by atoms with Crippen LogP contribution in [0.3, 0.4) is 0 Å². The lowest BCUT2D eigenvalue weighted by molar-refractivity contribution is 0.573. The zero-order valence-electron chi connectivity index (χ0n) is 11.4. The van der Waals surface area contributed by atoms with Gasteiger partial charge in [-0.15, -0.1) is 0 Å². The number of nitrogens with zero attached hydrogens (tertiary/aromatic N) is 2. The summed E-state index contributed by atoms with van der Waals surface area (Å²) in [5, 5.41) is 0. The molecule has 0 aliphatic heterocycles. The predicted octanol–water partition coefficient (Wildman–Crippen LogP) is 0.172. The molecule has 3 N–H and O–H groups in total. The van der Waals surface area contributed by atoms with Crippen molar-refractivity contribution < 1.29 is 8.42 Å². The smallest absolute Gasteiger partial charge is 0.240 e. The summed E-state index contributed by atoms with van der Waals surface area (Å²) in [6, 6.07) is 6.38. The topological polar surface area (TPSA) is 90.0 Å². The van der Waals surface area contributed by atoms with Gasteiger partial charge in [0.25, 0.3) is 0 Å². The Balaban J connectivity index is 1.98. The largest absolute Gasteiger partial charge is 0.336 e. The van der Waals surface area contributed by atoms with E-state index in [1.807, 2.05) is 0 Å². The lowest BCUT2D eigenvalue weighted by atomic mass is 10.2. The molecule has 0 bridgehead atoms. The van der Waals surface area contributed by atoms with Crippen molar-refractivity contribution in [2.24, 2.45) is 5.73 Å². The van der Waals surface area contributed by atoms with Gasteiger partial charge in [0.15, 0.2) is 0 Å². The molecule has 0 radical (unpaired) electrons. The van der Waals surface area contributed by atoms with Crippen LogP contribution < -0.4 is 10.5 Å². The molecule has 2 aromatic rings. The molecule has 0 unspecified atom stereocenters. The highest BCUT2D eigenvalue weighted by molar-refractivity contribution is 7.89. The van der Waals surface area contributed by atoms with Gasteiger partial charge in [0.1, 0.15) is 0 Å². The number of imidazole rings is 1. The van der Waals surface area contributed by atoms with Gasteiger partial charge >= 0.3 is 0 Å². The van der Waals surface area contributed by atoms with Crippen LogP contribution >= 0.6 is 0 Å². The maximum Gasteiger partial charge on any atom is 0.240 e. The molecule has 0 amide bonds. The van der Waals surface area contributed by atoms with Gasteiger partial charge < -0.3 is 10.3 Å². The molecule has 1 aromatic carbocycles. The summed E-state index contributed by atoms with van der Waals surface area (Å²) in [6.07, 6.45) is 5.06. The SMILES string of the molecule is NCC#Cc1ccc(S(=O)(=O)NCCn2ccnc2)cc1. The Bertz CT molecular complexity index is 726. The van der Waals surface area contributed by atoms with Crippen LogP contribution in [-0.4, -0.2) is 31.1 Å². The van der Waals surface area contributed by atoms with Crippen molar-refractivity contribution in [3.05, 3.63) is 48.5 Å². The summed E-state index contributed by atoms with van der Waals surface area (Å²) in [5.74, 6) is 5.56. The maximum atomic E-state index is 12.1. The number of benzene rings is 1. The minimum absolute atomic E-state index is 0.214. The van der Waals surface area contributed by atoms with Gasteiger partial charge in [-0.05, 0) is 24.3 Å². The molecule has 0 fully saturated rings. The van der Waals surface area contributed by atoms with Gasteiger partial charge in [-0.25, -0.2) is 18.1 Å². The zero-order chi connectivity index (χ0) is 15.1. The van der Waals surface area contributed by atoms with E-state index in [1.54, 1.807) is 35.4 Å². The summed E-state index contributed by atoms with van der Waals surface area (Å²) >= 11 is 0. The molecule has 1 heterocycles. The monoisotopic (exact) mass is 304 g/mol.